The lowest BCUT2D eigenvalue weighted by Gasteiger charge is -2.27. The number of esters is 1. The fourth-order valence-corrected chi connectivity index (χ4v) is 1.94. The van der Waals surface area contributed by atoms with Gasteiger partial charge in [-0.1, -0.05) is 6.08 Å². The van der Waals surface area contributed by atoms with Crippen LogP contribution in [0.15, 0.2) is 12.7 Å². The molecule has 4 heteroatoms. The Bertz CT molecular complexity index is 275. The average molecular weight is 211 g/mol. The lowest BCUT2D eigenvalue weighted by molar-refractivity contribution is -0.141. The van der Waals surface area contributed by atoms with E-state index in [1.807, 2.05) is 0 Å². The number of hydrogen-bond acceptors (Lipinski definition) is 3. The molecule has 1 atom stereocenters. The summed E-state index contributed by atoms with van der Waals surface area (Å²) in [5.74, 6) is -0.179. The molecule has 1 rings (SSSR count). The van der Waals surface area contributed by atoms with Gasteiger partial charge in [0.1, 0.15) is 0 Å². The van der Waals surface area contributed by atoms with Crippen LogP contribution in [0.25, 0.3) is 0 Å². The van der Waals surface area contributed by atoms with Gasteiger partial charge in [-0.25, -0.2) is 0 Å². The maximum absolute atomic E-state index is 11.2. The van der Waals surface area contributed by atoms with Gasteiger partial charge in [0, 0.05) is 18.4 Å². The predicted molar refractivity (Wildman–Crippen MR) is 56.2 cm³/mol. The van der Waals surface area contributed by atoms with Gasteiger partial charge in [0.25, 0.3) is 0 Å². The lowest BCUT2D eigenvalue weighted by atomic mass is 9.88. The molecule has 1 aliphatic rings. The van der Waals surface area contributed by atoms with Crippen molar-refractivity contribution in [3.8, 4) is 0 Å². The summed E-state index contributed by atoms with van der Waals surface area (Å²) >= 11 is 0. The first kappa shape index (κ1) is 11.8. The number of carbonyl (C=O) groups excluding carboxylic acids is 2. The van der Waals surface area contributed by atoms with Crippen LogP contribution in [0.1, 0.15) is 32.1 Å². The maximum atomic E-state index is 11.2. The van der Waals surface area contributed by atoms with Crippen LogP contribution < -0.4 is 5.32 Å². The molecule has 1 aliphatic heterocycles. The van der Waals surface area contributed by atoms with Gasteiger partial charge in [-0.15, -0.1) is 6.58 Å². The number of nitrogens with one attached hydrogen (secondary N) is 1. The number of hydrogen-bond donors (Lipinski definition) is 1. The van der Waals surface area contributed by atoms with Gasteiger partial charge in [-0.3, -0.25) is 9.59 Å². The van der Waals surface area contributed by atoms with E-state index in [9.17, 15) is 9.59 Å². The zero-order valence-electron chi connectivity index (χ0n) is 9.04. The number of ether oxygens (including phenoxy) is 1. The van der Waals surface area contributed by atoms with Crippen molar-refractivity contribution in [3.63, 3.8) is 0 Å². The Kier molecular flexibility index (Phi) is 3.88. The molecule has 1 unspecified atom stereocenters. The molecule has 1 fully saturated rings. The summed E-state index contributed by atoms with van der Waals surface area (Å²) in [7, 11) is 1.37. The van der Waals surface area contributed by atoms with Crippen molar-refractivity contribution >= 4 is 11.9 Å². The quantitative estimate of drug-likeness (QED) is 0.548. The van der Waals surface area contributed by atoms with Crippen molar-refractivity contribution < 1.29 is 14.3 Å². The van der Waals surface area contributed by atoms with Crippen molar-refractivity contribution in [1.82, 2.24) is 5.32 Å². The van der Waals surface area contributed by atoms with E-state index < -0.39 is 0 Å². The standard InChI is InChI=1S/C11H17NO3/c1-3-6-11(7-4-9(13)12-11)8-5-10(14)15-2/h3H,1,4-8H2,2H3,(H,12,13). The van der Waals surface area contributed by atoms with Crippen LogP contribution in [0.5, 0.6) is 0 Å². The van der Waals surface area contributed by atoms with Crippen molar-refractivity contribution in [3.05, 3.63) is 12.7 Å². The van der Waals surface area contributed by atoms with Crippen LogP contribution >= 0.6 is 0 Å². The van der Waals surface area contributed by atoms with Crippen LogP contribution in [-0.2, 0) is 14.3 Å². The molecular weight excluding hydrogens is 194 g/mol. The zero-order valence-corrected chi connectivity index (χ0v) is 9.04. The van der Waals surface area contributed by atoms with E-state index in [0.717, 1.165) is 6.42 Å². The van der Waals surface area contributed by atoms with Crippen molar-refractivity contribution in [2.24, 2.45) is 0 Å². The lowest BCUT2D eigenvalue weighted by Crippen LogP contribution is -2.41. The molecule has 15 heavy (non-hydrogen) atoms. The van der Waals surface area contributed by atoms with Crippen LogP contribution in [-0.4, -0.2) is 24.5 Å². The molecular formula is C11H17NO3. The molecule has 0 saturated carbocycles. The molecule has 0 radical (unpaired) electrons. The Balaban J connectivity index is 2.54. The number of carbonyl (C=O) groups is 2. The third-order valence-electron chi connectivity index (χ3n) is 2.81. The molecule has 4 nitrogen and oxygen atoms in total. The fourth-order valence-electron chi connectivity index (χ4n) is 1.94. The van der Waals surface area contributed by atoms with E-state index >= 15 is 0 Å². The van der Waals surface area contributed by atoms with Crippen LogP contribution in [0.2, 0.25) is 0 Å². The second kappa shape index (κ2) is 4.96. The molecule has 0 aromatic rings. The Labute approximate surface area is 89.7 Å². The minimum atomic E-state index is -0.271. The summed E-state index contributed by atoms with van der Waals surface area (Å²) in [6, 6.07) is 0. The molecule has 0 aliphatic carbocycles. The molecule has 0 aromatic carbocycles. The molecule has 1 amide bonds. The smallest absolute Gasteiger partial charge is 0.305 e. The van der Waals surface area contributed by atoms with E-state index in [-0.39, 0.29) is 17.4 Å². The summed E-state index contributed by atoms with van der Waals surface area (Å²) in [5.41, 5.74) is -0.271. The summed E-state index contributed by atoms with van der Waals surface area (Å²) in [4.78, 5) is 22.2. The van der Waals surface area contributed by atoms with E-state index in [0.29, 0.717) is 25.7 Å². The summed E-state index contributed by atoms with van der Waals surface area (Å²) in [6.07, 6.45) is 4.75. The highest BCUT2D eigenvalue weighted by Gasteiger charge is 2.36. The second-order valence-electron chi connectivity index (χ2n) is 3.90. The normalized spacial score (nSPS) is 24.7. The minimum absolute atomic E-state index is 0.0571. The largest absolute Gasteiger partial charge is 0.469 e. The van der Waals surface area contributed by atoms with E-state index in [2.05, 4.69) is 16.6 Å². The number of amides is 1. The Morgan fingerprint density at radius 1 is 1.73 bits per heavy atom. The van der Waals surface area contributed by atoms with Crippen molar-refractivity contribution in [2.75, 3.05) is 7.11 Å². The average Bonchev–Trinajstić information content (AvgIpc) is 2.58. The predicted octanol–water partition coefficient (Wildman–Crippen LogP) is 1.16. The van der Waals surface area contributed by atoms with Gasteiger partial charge >= 0.3 is 5.97 Å². The van der Waals surface area contributed by atoms with Gasteiger partial charge in [0.2, 0.25) is 5.91 Å². The first-order valence-corrected chi connectivity index (χ1v) is 5.10. The second-order valence-corrected chi connectivity index (χ2v) is 3.90. The molecule has 0 bridgehead atoms. The van der Waals surface area contributed by atoms with Gasteiger partial charge < -0.3 is 10.1 Å². The first-order valence-electron chi connectivity index (χ1n) is 5.10. The van der Waals surface area contributed by atoms with Gasteiger partial charge in [-0.05, 0) is 19.3 Å². The molecule has 1 saturated heterocycles. The molecule has 1 heterocycles. The maximum Gasteiger partial charge on any atom is 0.305 e. The highest BCUT2D eigenvalue weighted by molar-refractivity contribution is 5.79. The Morgan fingerprint density at radius 3 is 2.93 bits per heavy atom. The van der Waals surface area contributed by atoms with Crippen LogP contribution in [0.3, 0.4) is 0 Å². The molecule has 0 spiro atoms. The molecule has 84 valence electrons. The van der Waals surface area contributed by atoms with E-state index in [1.165, 1.54) is 7.11 Å². The van der Waals surface area contributed by atoms with Crippen LogP contribution in [0, 0.1) is 0 Å². The van der Waals surface area contributed by atoms with E-state index in [1.54, 1.807) is 6.08 Å². The van der Waals surface area contributed by atoms with Gasteiger partial charge in [-0.2, -0.15) is 0 Å². The van der Waals surface area contributed by atoms with E-state index in [4.69, 9.17) is 0 Å². The number of methoxy groups -OCH3 is 1. The molecule has 0 aromatic heterocycles. The van der Waals surface area contributed by atoms with Gasteiger partial charge in [0.05, 0.1) is 7.11 Å². The zero-order chi connectivity index (χ0) is 11.3. The first-order chi connectivity index (χ1) is 7.12. The van der Waals surface area contributed by atoms with Crippen LogP contribution in [0.4, 0.5) is 0 Å². The highest BCUT2D eigenvalue weighted by atomic mass is 16.5. The minimum Gasteiger partial charge on any atom is -0.469 e. The monoisotopic (exact) mass is 211 g/mol. The Hall–Kier alpha value is -1.32. The topological polar surface area (TPSA) is 55.4 Å². The van der Waals surface area contributed by atoms with Crippen molar-refractivity contribution in [1.29, 1.82) is 0 Å². The fraction of sp³-hybridized carbons (Fsp3) is 0.636. The third kappa shape index (κ3) is 3.08. The Morgan fingerprint density at radius 2 is 2.47 bits per heavy atom. The number of rotatable bonds is 5. The summed E-state index contributed by atoms with van der Waals surface area (Å²) in [5, 5.41) is 2.93. The third-order valence-corrected chi connectivity index (χ3v) is 2.81. The van der Waals surface area contributed by atoms with Gasteiger partial charge in [0.15, 0.2) is 0 Å². The SMILES string of the molecule is C=CCC1(CCC(=O)OC)CCC(=O)N1. The molecule has 1 N–H and O–H groups in total. The summed E-state index contributed by atoms with van der Waals surface area (Å²) < 4.78 is 4.58. The van der Waals surface area contributed by atoms with Crippen molar-refractivity contribution in [2.45, 2.75) is 37.6 Å². The summed E-state index contributed by atoms with van der Waals surface area (Å²) in [6.45, 7) is 3.67. The highest BCUT2D eigenvalue weighted by Crippen LogP contribution is 2.29.